The molecule has 15 heavy (non-hydrogen) atoms. The van der Waals surface area contributed by atoms with Gasteiger partial charge in [-0.15, -0.1) is 0 Å². The Labute approximate surface area is 87.4 Å². The van der Waals surface area contributed by atoms with E-state index in [2.05, 4.69) is 10.1 Å². The normalized spacial score (nSPS) is 9.07. The molecular weight excluding hydrogens is 194 g/mol. The number of benzene rings is 1. The molecule has 78 valence electrons. The van der Waals surface area contributed by atoms with Gasteiger partial charge in [0, 0.05) is 0 Å². The van der Waals surface area contributed by atoms with Crippen LogP contribution in [0.4, 0.5) is 11.4 Å². The van der Waals surface area contributed by atoms with Gasteiger partial charge in [0.25, 0.3) is 0 Å². The van der Waals surface area contributed by atoms with E-state index in [0.29, 0.717) is 16.9 Å². The molecule has 0 spiro atoms. The summed E-state index contributed by atoms with van der Waals surface area (Å²) < 4.78 is 4.46. The van der Waals surface area contributed by atoms with Crippen molar-refractivity contribution in [2.75, 3.05) is 24.7 Å². The fourth-order valence-electron chi connectivity index (χ4n) is 1.03. The van der Waals surface area contributed by atoms with E-state index in [9.17, 15) is 4.79 Å². The molecule has 3 N–H and O–H groups in total. The standard InChI is InChI=1S/C10H11N3O2/c1-15-10(14)6-13-9-3-2-7(5-11)4-8(9)12/h2-4,13H,6,12H2,1H3. The summed E-state index contributed by atoms with van der Waals surface area (Å²) in [6.45, 7) is 0.0482. The molecule has 0 aliphatic carbocycles. The van der Waals surface area contributed by atoms with Crippen molar-refractivity contribution >= 4 is 17.3 Å². The van der Waals surface area contributed by atoms with Crippen LogP contribution in [0.15, 0.2) is 18.2 Å². The summed E-state index contributed by atoms with van der Waals surface area (Å²) in [5.41, 5.74) is 7.18. The lowest BCUT2D eigenvalue weighted by Gasteiger charge is -2.07. The highest BCUT2D eigenvalue weighted by Crippen LogP contribution is 2.18. The molecule has 0 amide bonds. The van der Waals surface area contributed by atoms with Gasteiger partial charge >= 0.3 is 5.97 Å². The minimum Gasteiger partial charge on any atom is -0.468 e. The van der Waals surface area contributed by atoms with Crippen LogP contribution < -0.4 is 11.1 Å². The van der Waals surface area contributed by atoms with Crippen LogP contribution in [-0.4, -0.2) is 19.6 Å². The number of methoxy groups -OCH3 is 1. The first-order valence-corrected chi connectivity index (χ1v) is 4.27. The molecule has 0 radical (unpaired) electrons. The van der Waals surface area contributed by atoms with Gasteiger partial charge in [-0.1, -0.05) is 0 Å². The SMILES string of the molecule is COC(=O)CNc1ccc(C#N)cc1N. The first-order chi connectivity index (χ1) is 7.17. The van der Waals surface area contributed by atoms with Gasteiger partial charge in [0.1, 0.15) is 6.54 Å². The number of carbonyl (C=O) groups excluding carboxylic acids is 1. The van der Waals surface area contributed by atoms with Gasteiger partial charge in [0.2, 0.25) is 0 Å². The Kier molecular flexibility index (Phi) is 3.52. The van der Waals surface area contributed by atoms with Crippen LogP contribution in [0.1, 0.15) is 5.56 Å². The number of hydrogen-bond acceptors (Lipinski definition) is 5. The Bertz CT molecular complexity index is 410. The van der Waals surface area contributed by atoms with Crippen molar-refractivity contribution in [3.63, 3.8) is 0 Å². The topological polar surface area (TPSA) is 88.1 Å². The Morgan fingerprint density at radius 1 is 1.67 bits per heavy atom. The van der Waals surface area contributed by atoms with E-state index >= 15 is 0 Å². The van der Waals surface area contributed by atoms with E-state index in [1.54, 1.807) is 18.2 Å². The molecule has 0 aromatic heterocycles. The van der Waals surface area contributed by atoms with Gasteiger partial charge in [-0.05, 0) is 18.2 Å². The van der Waals surface area contributed by atoms with Crippen molar-refractivity contribution in [1.82, 2.24) is 0 Å². The molecule has 5 heteroatoms. The summed E-state index contributed by atoms with van der Waals surface area (Å²) in [4.78, 5) is 10.8. The number of nitrogens with two attached hydrogens (primary N) is 1. The van der Waals surface area contributed by atoms with Gasteiger partial charge in [-0.3, -0.25) is 4.79 Å². The Hall–Kier alpha value is -2.22. The molecule has 0 bridgehead atoms. The van der Waals surface area contributed by atoms with E-state index in [1.807, 2.05) is 6.07 Å². The number of rotatable bonds is 3. The monoisotopic (exact) mass is 205 g/mol. The van der Waals surface area contributed by atoms with Crippen molar-refractivity contribution in [2.24, 2.45) is 0 Å². The number of esters is 1. The summed E-state index contributed by atoms with van der Waals surface area (Å²) in [5.74, 6) is -0.376. The molecule has 0 atom stereocenters. The lowest BCUT2D eigenvalue weighted by molar-refractivity contribution is -0.138. The first-order valence-electron chi connectivity index (χ1n) is 4.27. The molecule has 0 heterocycles. The Morgan fingerprint density at radius 3 is 2.93 bits per heavy atom. The third kappa shape index (κ3) is 2.88. The fourth-order valence-corrected chi connectivity index (χ4v) is 1.03. The Balaban J connectivity index is 2.71. The molecule has 1 aromatic rings. The maximum atomic E-state index is 10.8. The van der Waals surface area contributed by atoms with Crippen molar-refractivity contribution in [1.29, 1.82) is 5.26 Å². The van der Waals surface area contributed by atoms with Gasteiger partial charge in [-0.25, -0.2) is 0 Å². The zero-order valence-electron chi connectivity index (χ0n) is 8.28. The minimum absolute atomic E-state index is 0.0482. The minimum atomic E-state index is -0.376. The quantitative estimate of drug-likeness (QED) is 0.560. The van der Waals surface area contributed by atoms with E-state index in [-0.39, 0.29) is 12.5 Å². The average Bonchev–Trinajstić information content (AvgIpc) is 2.26. The molecule has 0 aliphatic rings. The van der Waals surface area contributed by atoms with Gasteiger partial charge in [0.15, 0.2) is 0 Å². The number of nitrogens with zero attached hydrogens (tertiary/aromatic N) is 1. The number of nitriles is 1. The number of hydrogen-bond donors (Lipinski definition) is 2. The zero-order valence-corrected chi connectivity index (χ0v) is 8.28. The zero-order chi connectivity index (χ0) is 11.3. The van der Waals surface area contributed by atoms with Crippen LogP contribution >= 0.6 is 0 Å². The third-order valence-corrected chi connectivity index (χ3v) is 1.83. The largest absolute Gasteiger partial charge is 0.468 e. The predicted octanol–water partition coefficient (Wildman–Crippen LogP) is 0.725. The van der Waals surface area contributed by atoms with Crippen LogP contribution in [0.2, 0.25) is 0 Å². The summed E-state index contributed by atoms with van der Waals surface area (Å²) in [5, 5.41) is 11.4. The van der Waals surface area contributed by atoms with Crippen LogP contribution in [0.25, 0.3) is 0 Å². The maximum absolute atomic E-state index is 10.8. The van der Waals surface area contributed by atoms with Gasteiger partial charge < -0.3 is 15.8 Å². The molecule has 0 saturated carbocycles. The lowest BCUT2D eigenvalue weighted by Crippen LogP contribution is -2.15. The number of nitrogen functional groups attached to an aromatic ring is 1. The van der Waals surface area contributed by atoms with Crippen LogP contribution in [0.3, 0.4) is 0 Å². The summed E-state index contributed by atoms with van der Waals surface area (Å²) in [7, 11) is 1.31. The number of carbonyl (C=O) groups is 1. The molecule has 1 aromatic carbocycles. The van der Waals surface area contributed by atoms with Crippen molar-refractivity contribution < 1.29 is 9.53 Å². The summed E-state index contributed by atoms with van der Waals surface area (Å²) in [6, 6.07) is 6.78. The van der Waals surface area contributed by atoms with Crippen LogP contribution in [0.5, 0.6) is 0 Å². The second-order valence-electron chi connectivity index (χ2n) is 2.84. The first kappa shape index (κ1) is 10.9. The molecule has 1 rings (SSSR count). The third-order valence-electron chi connectivity index (χ3n) is 1.83. The smallest absolute Gasteiger partial charge is 0.325 e. The maximum Gasteiger partial charge on any atom is 0.325 e. The lowest BCUT2D eigenvalue weighted by atomic mass is 10.2. The second-order valence-corrected chi connectivity index (χ2v) is 2.84. The van der Waals surface area contributed by atoms with Gasteiger partial charge in [-0.2, -0.15) is 5.26 Å². The number of nitrogens with one attached hydrogen (secondary N) is 1. The highest BCUT2D eigenvalue weighted by Gasteiger charge is 2.03. The molecule has 0 fully saturated rings. The average molecular weight is 205 g/mol. The van der Waals surface area contributed by atoms with Crippen LogP contribution in [-0.2, 0) is 9.53 Å². The second kappa shape index (κ2) is 4.86. The number of anilines is 2. The predicted molar refractivity (Wildman–Crippen MR) is 56.1 cm³/mol. The molecule has 0 aliphatic heterocycles. The van der Waals surface area contributed by atoms with Crippen molar-refractivity contribution in [2.45, 2.75) is 0 Å². The molecule has 5 nitrogen and oxygen atoms in total. The summed E-state index contributed by atoms with van der Waals surface area (Å²) >= 11 is 0. The molecule has 0 unspecified atom stereocenters. The Morgan fingerprint density at radius 2 is 2.40 bits per heavy atom. The highest BCUT2D eigenvalue weighted by molar-refractivity contribution is 5.77. The molecule has 0 saturated heterocycles. The summed E-state index contributed by atoms with van der Waals surface area (Å²) in [6.07, 6.45) is 0. The van der Waals surface area contributed by atoms with Crippen LogP contribution in [0, 0.1) is 11.3 Å². The van der Waals surface area contributed by atoms with E-state index in [0.717, 1.165) is 0 Å². The van der Waals surface area contributed by atoms with Gasteiger partial charge in [0.05, 0.1) is 30.1 Å². The van der Waals surface area contributed by atoms with Crippen molar-refractivity contribution in [3.05, 3.63) is 23.8 Å². The van der Waals surface area contributed by atoms with E-state index < -0.39 is 0 Å². The van der Waals surface area contributed by atoms with Crippen molar-refractivity contribution in [3.8, 4) is 6.07 Å². The van der Waals surface area contributed by atoms with E-state index in [1.165, 1.54) is 7.11 Å². The number of ether oxygens (including phenoxy) is 1. The highest BCUT2D eigenvalue weighted by atomic mass is 16.5. The van der Waals surface area contributed by atoms with E-state index in [4.69, 9.17) is 11.0 Å². The molecular formula is C10H11N3O2. The fraction of sp³-hybridized carbons (Fsp3) is 0.200.